The third-order valence-electron chi connectivity index (χ3n) is 2.68. The molecule has 4 nitrogen and oxygen atoms in total. The van der Waals surface area contributed by atoms with Crippen molar-refractivity contribution in [1.82, 2.24) is 5.32 Å². The minimum atomic E-state index is 0.270. The number of benzene rings is 1. The van der Waals surface area contributed by atoms with Gasteiger partial charge in [-0.2, -0.15) is 0 Å². The van der Waals surface area contributed by atoms with E-state index in [1.54, 1.807) is 26.0 Å². The van der Waals surface area contributed by atoms with E-state index in [1.807, 2.05) is 19.2 Å². The van der Waals surface area contributed by atoms with Crippen LogP contribution in [0.4, 0.5) is 5.69 Å². The molecule has 1 unspecified atom stereocenters. The SMILES string of the molecule is CNC1Sc2cc(OC)c(OC)cc2N1C. The van der Waals surface area contributed by atoms with Gasteiger partial charge >= 0.3 is 0 Å². The zero-order valence-corrected chi connectivity index (χ0v) is 10.7. The molecule has 0 saturated carbocycles. The van der Waals surface area contributed by atoms with Crippen molar-refractivity contribution in [3.05, 3.63) is 12.1 Å². The van der Waals surface area contributed by atoms with Crippen LogP contribution >= 0.6 is 11.8 Å². The standard InChI is InChI=1S/C11H16N2O2S/c1-12-11-13(2)7-5-8(14-3)9(15-4)6-10(7)16-11/h5-6,11-12H,1-4H3. The number of anilines is 1. The van der Waals surface area contributed by atoms with Crippen LogP contribution in [0.25, 0.3) is 0 Å². The van der Waals surface area contributed by atoms with Gasteiger partial charge in [0.15, 0.2) is 11.5 Å². The van der Waals surface area contributed by atoms with Gasteiger partial charge in [0.25, 0.3) is 0 Å². The third-order valence-corrected chi connectivity index (χ3v) is 4.04. The van der Waals surface area contributed by atoms with Crippen LogP contribution in [0.2, 0.25) is 0 Å². The van der Waals surface area contributed by atoms with Crippen LogP contribution in [0, 0.1) is 0 Å². The van der Waals surface area contributed by atoms with Gasteiger partial charge in [0, 0.05) is 18.0 Å². The summed E-state index contributed by atoms with van der Waals surface area (Å²) in [5.41, 5.74) is 1.44. The zero-order valence-electron chi connectivity index (χ0n) is 9.90. The predicted octanol–water partition coefficient (Wildman–Crippen LogP) is 1.75. The number of rotatable bonds is 3. The highest BCUT2D eigenvalue weighted by atomic mass is 32.2. The Balaban J connectivity index is 2.43. The Morgan fingerprint density at radius 3 is 2.44 bits per heavy atom. The zero-order chi connectivity index (χ0) is 11.7. The van der Waals surface area contributed by atoms with E-state index in [0.29, 0.717) is 0 Å². The smallest absolute Gasteiger partial charge is 0.162 e. The average molecular weight is 240 g/mol. The van der Waals surface area contributed by atoms with Gasteiger partial charge in [-0.3, -0.25) is 5.32 Å². The highest BCUT2D eigenvalue weighted by molar-refractivity contribution is 8.00. The van der Waals surface area contributed by atoms with E-state index in [4.69, 9.17) is 9.47 Å². The molecule has 1 aromatic rings. The maximum Gasteiger partial charge on any atom is 0.162 e. The van der Waals surface area contributed by atoms with Gasteiger partial charge in [-0.1, -0.05) is 11.8 Å². The Labute approximate surface area is 99.9 Å². The van der Waals surface area contributed by atoms with Crippen molar-refractivity contribution in [2.75, 3.05) is 33.2 Å². The van der Waals surface area contributed by atoms with E-state index in [0.717, 1.165) is 11.5 Å². The fourth-order valence-corrected chi connectivity index (χ4v) is 2.93. The molecule has 1 N–H and O–H groups in total. The summed E-state index contributed by atoms with van der Waals surface area (Å²) in [6.45, 7) is 0. The van der Waals surface area contributed by atoms with E-state index in [1.165, 1.54) is 10.6 Å². The fourth-order valence-electron chi connectivity index (χ4n) is 1.80. The monoisotopic (exact) mass is 240 g/mol. The number of nitrogens with zero attached hydrogens (tertiary/aromatic N) is 1. The van der Waals surface area contributed by atoms with Gasteiger partial charge in [0.1, 0.15) is 5.50 Å². The van der Waals surface area contributed by atoms with E-state index in [-0.39, 0.29) is 5.50 Å². The number of hydrogen-bond donors (Lipinski definition) is 1. The molecule has 0 saturated heterocycles. The second-order valence-corrected chi connectivity index (χ2v) is 4.67. The van der Waals surface area contributed by atoms with E-state index < -0.39 is 0 Å². The highest BCUT2D eigenvalue weighted by Crippen LogP contribution is 2.46. The molecule has 0 aliphatic carbocycles. The topological polar surface area (TPSA) is 33.7 Å². The van der Waals surface area contributed by atoms with Crippen LogP contribution in [0.1, 0.15) is 0 Å². The Hall–Kier alpha value is -1.07. The summed E-state index contributed by atoms with van der Waals surface area (Å²) < 4.78 is 10.6. The number of ether oxygens (including phenoxy) is 2. The van der Waals surface area contributed by atoms with Crippen LogP contribution in [-0.2, 0) is 0 Å². The summed E-state index contributed by atoms with van der Waals surface area (Å²) >= 11 is 1.77. The molecule has 0 bridgehead atoms. The van der Waals surface area contributed by atoms with Gasteiger partial charge in [0.05, 0.1) is 19.9 Å². The van der Waals surface area contributed by atoms with Crippen molar-refractivity contribution >= 4 is 17.4 Å². The molecule has 1 aromatic carbocycles. The van der Waals surface area contributed by atoms with Gasteiger partial charge in [-0.25, -0.2) is 0 Å². The number of methoxy groups -OCH3 is 2. The number of thioether (sulfide) groups is 1. The molecule has 0 amide bonds. The lowest BCUT2D eigenvalue weighted by Gasteiger charge is -2.20. The predicted molar refractivity (Wildman–Crippen MR) is 66.7 cm³/mol. The normalized spacial score (nSPS) is 18.5. The van der Waals surface area contributed by atoms with Crippen molar-refractivity contribution in [2.45, 2.75) is 10.4 Å². The number of fused-ring (bicyclic) bond motifs is 1. The summed E-state index contributed by atoms with van der Waals surface area (Å²) in [6.07, 6.45) is 0. The first-order valence-corrected chi connectivity index (χ1v) is 5.92. The van der Waals surface area contributed by atoms with Crippen LogP contribution < -0.4 is 19.7 Å². The molecule has 0 radical (unpaired) electrons. The highest BCUT2D eigenvalue weighted by Gasteiger charge is 2.27. The lowest BCUT2D eigenvalue weighted by Crippen LogP contribution is -2.35. The second kappa shape index (κ2) is 4.43. The minimum absolute atomic E-state index is 0.270. The quantitative estimate of drug-likeness (QED) is 0.870. The lowest BCUT2D eigenvalue weighted by atomic mass is 10.2. The first kappa shape index (κ1) is 11.4. The van der Waals surface area contributed by atoms with Crippen molar-refractivity contribution in [3.63, 3.8) is 0 Å². The number of hydrogen-bond acceptors (Lipinski definition) is 5. The van der Waals surface area contributed by atoms with Gasteiger partial charge in [0.2, 0.25) is 0 Å². The summed E-state index contributed by atoms with van der Waals surface area (Å²) in [5, 5.41) is 3.24. The molecular formula is C11H16N2O2S. The lowest BCUT2D eigenvalue weighted by molar-refractivity contribution is 0.354. The Morgan fingerprint density at radius 2 is 1.88 bits per heavy atom. The Kier molecular flexibility index (Phi) is 3.16. The summed E-state index contributed by atoms with van der Waals surface area (Å²) in [5.74, 6) is 1.55. The van der Waals surface area contributed by atoms with Crippen molar-refractivity contribution in [3.8, 4) is 11.5 Å². The molecule has 1 aliphatic rings. The fraction of sp³-hybridized carbons (Fsp3) is 0.455. The molecule has 5 heteroatoms. The summed E-state index contributed by atoms with van der Waals surface area (Å²) in [6, 6.07) is 4.03. The van der Waals surface area contributed by atoms with E-state index >= 15 is 0 Å². The molecule has 0 spiro atoms. The van der Waals surface area contributed by atoms with Crippen LogP contribution in [-0.4, -0.2) is 33.8 Å². The largest absolute Gasteiger partial charge is 0.493 e. The van der Waals surface area contributed by atoms with Crippen LogP contribution in [0.15, 0.2) is 17.0 Å². The summed E-state index contributed by atoms with van der Waals surface area (Å²) in [7, 11) is 7.32. The molecular weight excluding hydrogens is 224 g/mol. The molecule has 1 heterocycles. The van der Waals surface area contributed by atoms with Crippen molar-refractivity contribution in [2.24, 2.45) is 0 Å². The minimum Gasteiger partial charge on any atom is -0.493 e. The molecule has 0 fully saturated rings. The average Bonchev–Trinajstić information content (AvgIpc) is 2.63. The molecule has 0 aromatic heterocycles. The maximum absolute atomic E-state index is 5.30. The van der Waals surface area contributed by atoms with E-state index in [9.17, 15) is 0 Å². The van der Waals surface area contributed by atoms with Crippen LogP contribution in [0.3, 0.4) is 0 Å². The second-order valence-electron chi connectivity index (χ2n) is 3.54. The van der Waals surface area contributed by atoms with Gasteiger partial charge in [-0.05, 0) is 13.1 Å². The van der Waals surface area contributed by atoms with Gasteiger partial charge < -0.3 is 14.4 Å². The first-order chi connectivity index (χ1) is 7.71. The Morgan fingerprint density at radius 1 is 1.25 bits per heavy atom. The van der Waals surface area contributed by atoms with Crippen LogP contribution in [0.5, 0.6) is 11.5 Å². The van der Waals surface area contributed by atoms with Gasteiger partial charge in [-0.15, -0.1) is 0 Å². The van der Waals surface area contributed by atoms with E-state index in [2.05, 4.69) is 17.3 Å². The summed E-state index contributed by atoms with van der Waals surface area (Å²) in [4.78, 5) is 3.39. The molecule has 1 atom stereocenters. The molecule has 1 aliphatic heterocycles. The van der Waals surface area contributed by atoms with Crippen molar-refractivity contribution < 1.29 is 9.47 Å². The molecule has 16 heavy (non-hydrogen) atoms. The first-order valence-electron chi connectivity index (χ1n) is 5.04. The molecule has 88 valence electrons. The number of nitrogens with one attached hydrogen (secondary N) is 1. The van der Waals surface area contributed by atoms with Crippen molar-refractivity contribution in [1.29, 1.82) is 0 Å². The molecule has 2 rings (SSSR count). The maximum atomic E-state index is 5.30. The Bertz CT molecular complexity index is 398. The third kappa shape index (κ3) is 1.70.